The van der Waals surface area contributed by atoms with E-state index in [2.05, 4.69) is 0 Å². The monoisotopic (exact) mass is 370 g/mol. The summed E-state index contributed by atoms with van der Waals surface area (Å²) in [5.74, 6) is -0.378. The van der Waals surface area contributed by atoms with Gasteiger partial charge < -0.3 is 5.11 Å². The van der Waals surface area contributed by atoms with Crippen molar-refractivity contribution in [1.82, 2.24) is 9.13 Å². The molecule has 0 radical (unpaired) electrons. The summed E-state index contributed by atoms with van der Waals surface area (Å²) in [7, 11) is 0. The van der Waals surface area contributed by atoms with Gasteiger partial charge in [0.05, 0.1) is 11.4 Å². The molecule has 0 atom stereocenters. The van der Waals surface area contributed by atoms with Crippen LogP contribution in [0, 0.1) is 6.92 Å². The number of hydrogen-bond donors (Lipinski definition) is 1. The quantitative estimate of drug-likeness (QED) is 0.598. The van der Waals surface area contributed by atoms with Crippen LogP contribution in [0.2, 0.25) is 0 Å². The number of aromatic nitrogens is 2. The van der Waals surface area contributed by atoms with Crippen LogP contribution < -0.4 is 11.2 Å². The van der Waals surface area contributed by atoms with Crippen LogP contribution in [0.1, 0.15) is 5.56 Å². The SMILES string of the molecule is Cc1ccc(-n2c(O)c(-c3ccccc3)c(=O)n(-c3ccccc3)c2=O)cc1. The molecule has 0 spiro atoms. The highest BCUT2D eigenvalue weighted by Crippen LogP contribution is 2.27. The predicted octanol–water partition coefficient (Wildman–Crippen LogP) is 3.67. The third-order valence-corrected chi connectivity index (χ3v) is 4.60. The number of rotatable bonds is 3. The van der Waals surface area contributed by atoms with Crippen molar-refractivity contribution in [1.29, 1.82) is 0 Å². The zero-order valence-electron chi connectivity index (χ0n) is 15.2. The van der Waals surface area contributed by atoms with E-state index < -0.39 is 11.2 Å². The Hall–Kier alpha value is -3.86. The Kier molecular flexibility index (Phi) is 4.41. The molecule has 0 saturated carbocycles. The first-order valence-corrected chi connectivity index (χ1v) is 8.87. The van der Waals surface area contributed by atoms with Gasteiger partial charge in [-0.25, -0.2) is 13.9 Å². The first-order chi connectivity index (χ1) is 13.6. The molecule has 0 unspecified atom stereocenters. The highest BCUT2D eigenvalue weighted by molar-refractivity contribution is 5.68. The molecule has 3 aromatic carbocycles. The molecule has 0 amide bonds. The highest BCUT2D eigenvalue weighted by Gasteiger charge is 2.21. The third-order valence-electron chi connectivity index (χ3n) is 4.60. The molecule has 0 bridgehead atoms. The molecule has 1 aromatic heterocycles. The fourth-order valence-corrected chi connectivity index (χ4v) is 3.19. The van der Waals surface area contributed by atoms with Crippen molar-refractivity contribution >= 4 is 0 Å². The third kappa shape index (κ3) is 2.93. The number of nitrogens with zero attached hydrogens (tertiary/aromatic N) is 2. The van der Waals surface area contributed by atoms with Gasteiger partial charge in [0, 0.05) is 0 Å². The lowest BCUT2D eigenvalue weighted by Gasteiger charge is -2.16. The highest BCUT2D eigenvalue weighted by atomic mass is 16.3. The summed E-state index contributed by atoms with van der Waals surface area (Å²) in [4.78, 5) is 26.5. The molecule has 1 N–H and O–H groups in total. The zero-order chi connectivity index (χ0) is 19.7. The maximum atomic E-state index is 13.2. The Balaban J connectivity index is 2.14. The number of para-hydroxylation sites is 1. The number of aromatic hydroxyl groups is 1. The first-order valence-electron chi connectivity index (χ1n) is 8.87. The molecule has 138 valence electrons. The molecule has 4 rings (SSSR count). The second kappa shape index (κ2) is 7.04. The molecular weight excluding hydrogens is 352 g/mol. The van der Waals surface area contributed by atoms with Crippen LogP contribution in [0.3, 0.4) is 0 Å². The Morgan fingerprint density at radius 3 is 1.82 bits per heavy atom. The van der Waals surface area contributed by atoms with Gasteiger partial charge in [-0.3, -0.25) is 4.79 Å². The molecule has 0 saturated heterocycles. The molecule has 0 aliphatic carbocycles. The van der Waals surface area contributed by atoms with Crippen LogP contribution in [-0.2, 0) is 0 Å². The fraction of sp³-hybridized carbons (Fsp3) is 0.0435. The minimum atomic E-state index is -0.628. The minimum absolute atomic E-state index is 0.0737. The van der Waals surface area contributed by atoms with Gasteiger partial charge in [0.1, 0.15) is 5.56 Å². The van der Waals surface area contributed by atoms with E-state index in [4.69, 9.17) is 0 Å². The van der Waals surface area contributed by atoms with Crippen molar-refractivity contribution in [3.8, 4) is 28.4 Å². The van der Waals surface area contributed by atoms with Crippen LogP contribution in [0.15, 0.2) is 94.5 Å². The van der Waals surface area contributed by atoms with E-state index in [0.29, 0.717) is 16.9 Å². The van der Waals surface area contributed by atoms with E-state index >= 15 is 0 Å². The van der Waals surface area contributed by atoms with Gasteiger partial charge in [-0.2, -0.15) is 0 Å². The van der Waals surface area contributed by atoms with Gasteiger partial charge in [-0.1, -0.05) is 66.2 Å². The molecule has 0 fully saturated rings. The molecule has 5 nitrogen and oxygen atoms in total. The summed E-state index contributed by atoms with van der Waals surface area (Å²) < 4.78 is 2.25. The van der Waals surface area contributed by atoms with Crippen molar-refractivity contribution in [2.75, 3.05) is 0 Å². The summed E-state index contributed by atoms with van der Waals surface area (Å²) in [5.41, 5.74) is 1.36. The van der Waals surface area contributed by atoms with Gasteiger partial charge in [-0.15, -0.1) is 0 Å². The van der Waals surface area contributed by atoms with Crippen LogP contribution in [-0.4, -0.2) is 14.2 Å². The maximum absolute atomic E-state index is 13.2. The van der Waals surface area contributed by atoms with E-state index in [-0.39, 0.29) is 11.4 Å². The lowest BCUT2D eigenvalue weighted by atomic mass is 10.1. The lowest BCUT2D eigenvalue weighted by Crippen LogP contribution is -2.38. The number of benzene rings is 3. The van der Waals surface area contributed by atoms with Crippen molar-refractivity contribution in [2.24, 2.45) is 0 Å². The number of hydrogen-bond acceptors (Lipinski definition) is 3. The Morgan fingerprint density at radius 2 is 1.21 bits per heavy atom. The summed E-state index contributed by atoms with van der Waals surface area (Å²) in [6.07, 6.45) is 0. The predicted molar refractivity (Wildman–Crippen MR) is 109 cm³/mol. The molecule has 0 aliphatic rings. The topological polar surface area (TPSA) is 64.2 Å². The smallest absolute Gasteiger partial charge is 0.343 e. The first kappa shape index (κ1) is 17.5. The fourth-order valence-electron chi connectivity index (χ4n) is 3.19. The van der Waals surface area contributed by atoms with Gasteiger partial charge in [0.25, 0.3) is 5.56 Å². The second-order valence-electron chi connectivity index (χ2n) is 6.49. The van der Waals surface area contributed by atoms with E-state index in [9.17, 15) is 14.7 Å². The molecular formula is C23H18N2O3. The summed E-state index contributed by atoms with van der Waals surface area (Å²) in [5, 5.41) is 10.9. The van der Waals surface area contributed by atoms with E-state index in [1.807, 2.05) is 31.2 Å². The van der Waals surface area contributed by atoms with Gasteiger partial charge in [-0.05, 0) is 36.8 Å². The van der Waals surface area contributed by atoms with Crippen LogP contribution in [0.25, 0.3) is 22.5 Å². The standard InChI is InChI=1S/C23H18N2O3/c1-16-12-14-19(15-13-16)25-22(27)20(17-8-4-2-5-9-17)21(26)24(23(25)28)18-10-6-3-7-11-18/h2-15,27H,1H3. The second-order valence-corrected chi connectivity index (χ2v) is 6.49. The Bertz CT molecular complexity index is 1240. The van der Waals surface area contributed by atoms with E-state index in [1.54, 1.807) is 60.7 Å². The molecule has 1 heterocycles. The molecule has 5 heteroatoms. The number of aryl methyl sites for hydroxylation is 1. The summed E-state index contributed by atoms with van der Waals surface area (Å²) in [6.45, 7) is 1.94. The van der Waals surface area contributed by atoms with Crippen LogP contribution in [0.5, 0.6) is 5.88 Å². The molecule has 28 heavy (non-hydrogen) atoms. The van der Waals surface area contributed by atoms with E-state index in [0.717, 1.165) is 14.7 Å². The van der Waals surface area contributed by atoms with Crippen molar-refractivity contribution in [3.05, 3.63) is 111 Å². The summed E-state index contributed by atoms with van der Waals surface area (Å²) >= 11 is 0. The Morgan fingerprint density at radius 1 is 0.679 bits per heavy atom. The Labute approximate surface area is 161 Å². The summed E-state index contributed by atoms with van der Waals surface area (Å²) in [6, 6.07) is 24.7. The van der Waals surface area contributed by atoms with Gasteiger partial charge in [0.2, 0.25) is 5.88 Å². The average Bonchev–Trinajstić information content (AvgIpc) is 2.71. The van der Waals surface area contributed by atoms with Crippen LogP contribution in [0.4, 0.5) is 0 Å². The van der Waals surface area contributed by atoms with Gasteiger partial charge in [0.15, 0.2) is 0 Å². The zero-order valence-corrected chi connectivity index (χ0v) is 15.2. The van der Waals surface area contributed by atoms with Crippen molar-refractivity contribution in [2.45, 2.75) is 6.92 Å². The van der Waals surface area contributed by atoms with Gasteiger partial charge >= 0.3 is 5.69 Å². The lowest BCUT2D eigenvalue weighted by molar-refractivity contribution is 0.431. The van der Waals surface area contributed by atoms with Crippen molar-refractivity contribution in [3.63, 3.8) is 0 Å². The average molecular weight is 370 g/mol. The normalized spacial score (nSPS) is 10.8. The van der Waals surface area contributed by atoms with Crippen molar-refractivity contribution < 1.29 is 5.11 Å². The maximum Gasteiger partial charge on any atom is 0.343 e. The largest absolute Gasteiger partial charge is 0.494 e. The van der Waals surface area contributed by atoms with Crippen LogP contribution >= 0.6 is 0 Å². The molecule has 0 aliphatic heterocycles. The minimum Gasteiger partial charge on any atom is -0.494 e. The molecule has 4 aromatic rings. The van der Waals surface area contributed by atoms with E-state index in [1.165, 1.54) is 0 Å².